The van der Waals surface area contributed by atoms with Crippen LogP contribution in [0.3, 0.4) is 0 Å². The Kier molecular flexibility index (Phi) is 5.41. The van der Waals surface area contributed by atoms with Crippen molar-refractivity contribution in [3.05, 3.63) is 54.4 Å². The number of H-pyrrole nitrogens is 1. The van der Waals surface area contributed by atoms with E-state index < -0.39 is 6.04 Å². The summed E-state index contributed by atoms with van der Waals surface area (Å²) in [5.41, 5.74) is 2.04. The van der Waals surface area contributed by atoms with E-state index in [2.05, 4.69) is 25.4 Å². The Morgan fingerprint density at radius 3 is 2.66 bits per heavy atom. The molecule has 0 saturated carbocycles. The Morgan fingerprint density at radius 2 is 1.93 bits per heavy atom. The highest BCUT2D eigenvalue weighted by molar-refractivity contribution is 5.89. The zero-order valence-electron chi connectivity index (χ0n) is 16.3. The molecule has 150 valence electrons. The number of aromatic nitrogens is 3. The minimum Gasteiger partial charge on any atom is -0.361 e. The van der Waals surface area contributed by atoms with Gasteiger partial charge in [-0.05, 0) is 23.8 Å². The fourth-order valence-electron chi connectivity index (χ4n) is 3.80. The van der Waals surface area contributed by atoms with Crippen molar-refractivity contribution in [1.82, 2.24) is 25.4 Å². The first kappa shape index (κ1) is 18.9. The van der Waals surface area contributed by atoms with Crippen molar-refractivity contribution >= 4 is 28.5 Å². The molecule has 0 bridgehead atoms. The number of benzene rings is 1. The van der Waals surface area contributed by atoms with Crippen molar-refractivity contribution in [2.75, 3.05) is 31.1 Å². The van der Waals surface area contributed by atoms with Crippen LogP contribution in [-0.2, 0) is 16.0 Å². The first-order valence-corrected chi connectivity index (χ1v) is 9.75. The lowest BCUT2D eigenvalue weighted by Gasteiger charge is -2.36. The van der Waals surface area contributed by atoms with E-state index in [0.29, 0.717) is 32.6 Å². The van der Waals surface area contributed by atoms with Gasteiger partial charge in [0.25, 0.3) is 0 Å². The molecule has 1 atom stereocenters. The predicted octanol–water partition coefficient (Wildman–Crippen LogP) is 1.35. The standard InChI is InChI=1S/C21H24N6O2/c1-15(28)24-19(13-16-14-22-18-6-3-2-5-17(16)18)21(29)27-11-9-26(10-12-27)20-7-4-8-23-25-20/h2-8,14,19,22H,9-13H2,1H3,(H,24,28)/t19-/m1/s1. The second-order valence-corrected chi connectivity index (χ2v) is 7.21. The van der Waals surface area contributed by atoms with Crippen LogP contribution in [0.4, 0.5) is 5.82 Å². The molecule has 2 aromatic heterocycles. The third-order valence-corrected chi connectivity index (χ3v) is 5.25. The van der Waals surface area contributed by atoms with E-state index in [1.54, 1.807) is 6.20 Å². The maximum Gasteiger partial charge on any atom is 0.245 e. The van der Waals surface area contributed by atoms with Crippen LogP contribution >= 0.6 is 0 Å². The molecule has 0 aliphatic carbocycles. The summed E-state index contributed by atoms with van der Waals surface area (Å²) in [5.74, 6) is 0.558. The van der Waals surface area contributed by atoms with Gasteiger partial charge in [0.05, 0.1) is 0 Å². The molecule has 3 aromatic rings. The van der Waals surface area contributed by atoms with E-state index in [9.17, 15) is 9.59 Å². The van der Waals surface area contributed by atoms with Crippen molar-refractivity contribution in [3.63, 3.8) is 0 Å². The average molecular weight is 392 g/mol. The van der Waals surface area contributed by atoms with Gasteiger partial charge in [0, 0.05) is 62.8 Å². The maximum atomic E-state index is 13.2. The number of fused-ring (bicyclic) bond motifs is 1. The smallest absolute Gasteiger partial charge is 0.245 e. The number of para-hydroxylation sites is 1. The van der Waals surface area contributed by atoms with Gasteiger partial charge in [0.15, 0.2) is 5.82 Å². The van der Waals surface area contributed by atoms with E-state index in [1.165, 1.54) is 6.92 Å². The van der Waals surface area contributed by atoms with Crippen molar-refractivity contribution in [2.24, 2.45) is 0 Å². The molecule has 2 amide bonds. The molecule has 0 radical (unpaired) electrons. The van der Waals surface area contributed by atoms with E-state index >= 15 is 0 Å². The Bertz CT molecular complexity index is 995. The number of anilines is 1. The monoisotopic (exact) mass is 392 g/mol. The zero-order valence-corrected chi connectivity index (χ0v) is 16.3. The maximum absolute atomic E-state index is 13.2. The van der Waals surface area contributed by atoms with E-state index in [4.69, 9.17) is 0 Å². The van der Waals surface area contributed by atoms with Gasteiger partial charge in [0.1, 0.15) is 6.04 Å². The predicted molar refractivity (Wildman–Crippen MR) is 110 cm³/mol. The van der Waals surface area contributed by atoms with Gasteiger partial charge in [-0.25, -0.2) is 0 Å². The van der Waals surface area contributed by atoms with Crippen LogP contribution in [-0.4, -0.2) is 64.1 Å². The SMILES string of the molecule is CC(=O)N[C@H](Cc1c[nH]c2ccccc12)C(=O)N1CCN(c2cccnn2)CC1. The highest BCUT2D eigenvalue weighted by Crippen LogP contribution is 2.20. The fourth-order valence-corrected chi connectivity index (χ4v) is 3.80. The van der Waals surface area contributed by atoms with E-state index in [1.807, 2.05) is 47.5 Å². The van der Waals surface area contributed by atoms with E-state index in [0.717, 1.165) is 22.3 Å². The van der Waals surface area contributed by atoms with Crippen LogP contribution in [0.25, 0.3) is 10.9 Å². The first-order valence-electron chi connectivity index (χ1n) is 9.75. The summed E-state index contributed by atoms with van der Waals surface area (Å²) in [7, 11) is 0. The number of hydrogen-bond donors (Lipinski definition) is 2. The Hall–Kier alpha value is -3.42. The second kappa shape index (κ2) is 8.30. The van der Waals surface area contributed by atoms with Crippen LogP contribution in [0.1, 0.15) is 12.5 Å². The quantitative estimate of drug-likeness (QED) is 0.684. The molecule has 1 aliphatic heterocycles. The van der Waals surface area contributed by atoms with E-state index in [-0.39, 0.29) is 11.8 Å². The molecule has 1 aliphatic rings. The molecule has 3 heterocycles. The fraction of sp³-hybridized carbons (Fsp3) is 0.333. The number of nitrogens with one attached hydrogen (secondary N) is 2. The molecule has 1 fully saturated rings. The number of carbonyl (C=O) groups excluding carboxylic acids is 2. The van der Waals surface area contributed by atoms with Gasteiger partial charge in [-0.2, -0.15) is 5.10 Å². The average Bonchev–Trinajstić information content (AvgIpc) is 3.16. The molecule has 29 heavy (non-hydrogen) atoms. The Balaban J connectivity index is 1.46. The largest absolute Gasteiger partial charge is 0.361 e. The number of hydrogen-bond acceptors (Lipinski definition) is 5. The molecule has 0 unspecified atom stereocenters. The van der Waals surface area contributed by atoms with Gasteiger partial charge >= 0.3 is 0 Å². The summed E-state index contributed by atoms with van der Waals surface area (Å²) in [6.07, 6.45) is 4.01. The van der Waals surface area contributed by atoms with Crippen molar-refractivity contribution < 1.29 is 9.59 Å². The summed E-state index contributed by atoms with van der Waals surface area (Å²) >= 11 is 0. The van der Waals surface area contributed by atoms with Gasteiger partial charge in [-0.15, -0.1) is 5.10 Å². The lowest BCUT2D eigenvalue weighted by molar-refractivity contribution is -0.136. The van der Waals surface area contributed by atoms with Crippen molar-refractivity contribution in [3.8, 4) is 0 Å². The number of aromatic amines is 1. The van der Waals surface area contributed by atoms with Crippen LogP contribution < -0.4 is 10.2 Å². The molecular weight excluding hydrogens is 368 g/mol. The summed E-state index contributed by atoms with van der Waals surface area (Å²) in [6.45, 7) is 3.98. The second-order valence-electron chi connectivity index (χ2n) is 7.21. The lowest BCUT2D eigenvalue weighted by Crippen LogP contribution is -2.55. The summed E-state index contributed by atoms with van der Waals surface area (Å²) in [5, 5.41) is 12.0. The summed E-state index contributed by atoms with van der Waals surface area (Å²) in [6, 6.07) is 11.1. The highest BCUT2D eigenvalue weighted by atomic mass is 16.2. The molecular formula is C21H24N6O2. The third kappa shape index (κ3) is 4.21. The third-order valence-electron chi connectivity index (χ3n) is 5.25. The molecule has 1 saturated heterocycles. The zero-order chi connectivity index (χ0) is 20.2. The van der Waals surface area contributed by atoms with Crippen LogP contribution in [0, 0.1) is 0 Å². The minimum absolute atomic E-state index is 0.0516. The van der Waals surface area contributed by atoms with Crippen molar-refractivity contribution in [1.29, 1.82) is 0 Å². The molecule has 1 aromatic carbocycles. The van der Waals surface area contributed by atoms with Gasteiger partial charge < -0.3 is 20.1 Å². The topological polar surface area (TPSA) is 94.2 Å². The molecule has 0 spiro atoms. The normalized spacial score (nSPS) is 15.3. The molecule has 2 N–H and O–H groups in total. The van der Waals surface area contributed by atoms with Crippen LogP contribution in [0.2, 0.25) is 0 Å². The first-order chi connectivity index (χ1) is 14.1. The van der Waals surface area contributed by atoms with Crippen LogP contribution in [0.5, 0.6) is 0 Å². The van der Waals surface area contributed by atoms with Gasteiger partial charge in [-0.1, -0.05) is 18.2 Å². The molecule has 4 rings (SSSR count). The molecule has 8 nitrogen and oxygen atoms in total. The van der Waals surface area contributed by atoms with Crippen molar-refractivity contribution in [2.45, 2.75) is 19.4 Å². The summed E-state index contributed by atoms with van der Waals surface area (Å²) in [4.78, 5) is 32.1. The number of nitrogens with zero attached hydrogens (tertiary/aromatic N) is 4. The molecule has 8 heteroatoms. The number of carbonyl (C=O) groups is 2. The number of amides is 2. The Morgan fingerprint density at radius 1 is 1.14 bits per heavy atom. The Labute approximate surface area is 168 Å². The minimum atomic E-state index is -0.588. The summed E-state index contributed by atoms with van der Waals surface area (Å²) < 4.78 is 0. The lowest BCUT2D eigenvalue weighted by atomic mass is 10.0. The number of piperazine rings is 1. The van der Waals surface area contributed by atoms with Gasteiger partial charge in [-0.3, -0.25) is 9.59 Å². The van der Waals surface area contributed by atoms with Gasteiger partial charge in [0.2, 0.25) is 11.8 Å². The highest BCUT2D eigenvalue weighted by Gasteiger charge is 2.29. The van der Waals surface area contributed by atoms with Crippen LogP contribution in [0.15, 0.2) is 48.8 Å². The number of rotatable bonds is 5.